The highest BCUT2D eigenvalue weighted by Crippen LogP contribution is 2.46. The molecule has 3 nitrogen and oxygen atoms in total. The van der Waals surface area contributed by atoms with E-state index in [1.807, 2.05) is 6.92 Å². The first-order chi connectivity index (χ1) is 12.0. The zero-order chi connectivity index (χ0) is 17.7. The number of nitrogens with two attached hydrogens (primary N) is 1. The first kappa shape index (κ1) is 16.0. The molecule has 3 aromatic rings. The molecule has 1 saturated carbocycles. The number of rotatable bonds is 3. The lowest BCUT2D eigenvalue weighted by molar-refractivity contribution is 0.617. The summed E-state index contributed by atoms with van der Waals surface area (Å²) < 4.78 is 28.9. The van der Waals surface area contributed by atoms with Crippen molar-refractivity contribution < 1.29 is 8.78 Å². The molecule has 1 aliphatic carbocycles. The highest BCUT2D eigenvalue weighted by atomic mass is 19.1. The van der Waals surface area contributed by atoms with Gasteiger partial charge in [-0.2, -0.15) is 0 Å². The van der Waals surface area contributed by atoms with Crippen molar-refractivity contribution in [1.29, 1.82) is 0 Å². The summed E-state index contributed by atoms with van der Waals surface area (Å²) in [6, 6.07) is 8.50. The average Bonchev–Trinajstić information content (AvgIpc) is 3.39. The second-order valence-electron chi connectivity index (χ2n) is 6.68. The fourth-order valence-corrected chi connectivity index (χ4v) is 3.57. The van der Waals surface area contributed by atoms with Crippen molar-refractivity contribution >= 4 is 5.52 Å². The van der Waals surface area contributed by atoms with E-state index in [2.05, 4.69) is 0 Å². The van der Waals surface area contributed by atoms with Crippen molar-refractivity contribution in [2.24, 2.45) is 5.73 Å². The summed E-state index contributed by atoms with van der Waals surface area (Å²) in [7, 11) is 0. The number of hydrogen-bond acceptors (Lipinski definition) is 2. The molecule has 128 valence electrons. The predicted octanol–water partition coefficient (Wildman–Crippen LogP) is 4.14. The van der Waals surface area contributed by atoms with Gasteiger partial charge in [0.1, 0.15) is 11.6 Å². The summed E-state index contributed by atoms with van der Waals surface area (Å²) in [5.74, 6) is -0.616. The molecule has 5 heteroatoms. The van der Waals surface area contributed by atoms with Gasteiger partial charge in [-0.25, -0.2) is 8.78 Å². The Bertz CT molecular complexity index is 1040. The molecular formula is C20H18F2N2O. The number of aromatic nitrogens is 1. The molecule has 1 fully saturated rings. The van der Waals surface area contributed by atoms with Crippen molar-refractivity contribution in [3.8, 4) is 11.1 Å². The van der Waals surface area contributed by atoms with E-state index >= 15 is 0 Å². The van der Waals surface area contributed by atoms with Gasteiger partial charge >= 0.3 is 0 Å². The van der Waals surface area contributed by atoms with E-state index in [0.717, 1.165) is 24.0 Å². The van der Waals surface area contributed by atoms with Crippen molar-refractivity contribution in [3.63, 3.8) is 0 Å². The minimum atomic E-state index is -0.491. The zero-order valence-electron chi connectivity index (χ0n) is 13.8. The SMILES string of the molecule is C[C@H](N)c1c(-c2cccc(F)c2)c(=O)n2cc(F)ccc2c1C1CC1. The van der Waals surface area contributed by atoms with Gasteiger partial charge in [0.2, 0.25) is 0 Å². The van der Waals surface area contributed by atoms with Gasteiger partial charge in [-0.3, -0.25) is 9.20 Å². The Morgan fingerprint density at radius 1 is 1.16 bits per heavy atom. The summed E-state index contributed by atoms with van der Waals surface area (Å²) in [6.07, 6.45) is 3.21. The Hall–Kier alpha value is -2.53. The number of fused-ring (bicyclic) bond motifs is 1. The summed E-state index contributed by atoms with van der Waals surface area (Å²) in [5.41, 5.74) is 9.09. The molecule has 1 aliphatic rings. The highest BCUT2D eigenvalue weighted by Gasteiger charge is 2.32. The molecule has 2 aromatic heterocycles. The summed E-state index contributed by atoms with van der Waals surface area (Å²) in [6.45, 7) is 1.82. The average molecular weight is 340 g/mol. The molecule has 4 rings (SSSR count). The zero-order valence-corrected chi connectivity index (χ0v) is 13.8. The molecule has 0 spiro atoms. The van der Waals surface area contributed by atoms with Gasteiger partial charge in [0.15, 0.2) is 0 Å². The van der Waals surface area contributed by atoms with Crippen LogP contribution in [-0.2, 0) is 0 Å². The third-order valence-corrected chi connectivity index (χ3v) is 4.73. The first-order valence-corrected chi connectivity index (χ1v) is 8.36. The van der Waals surface area contributed by atoms with Gasteiger partial charge < -0.3 is 5.73 Å². The van der Waals surface area contributed by atoms with Crippen LogP contribution in [0.4, 0.5) is 8.78 Å². The maximum absolute atomic E-state index is 13.8. The Labute approximate surface area is 143 Å². The molecular weight excluding hydrogens is 322 g/mol. The van der Waals surface area contributed by atoms with Gasteiger partial charge in [0, 0.05) is 12.2 Å². The van der Waals surface area contributed by atoms with Crippen molar-refractivity contribution in [2.45, 2.75) is 31.7 Å². The monoisotopic (exact) mass is 340 g/mol. The second-order valence-corrected chi connectivity index (χ2v) is 6.68. The van der Waals surface area contributed by atoms with Gasteiger partial charge in [0.05, 0.1) is 11.1 Å². The van der Waals surface area contributed by atoms with E-state index in [4.69, 9.17) is 5.73 Å². The van der Waals surface area contributed by atoms with Gasteiger partial charge in [-0.15, -0.1) is 0 Å². The first-order valence-electron chi connectivity index (χ1n) is 8.36. The summed E-state index contributed by atoms with van der Waals surface area (Å²) >= 11 is 0. The fraction of sp³-hybridized carbons (Fsp3) is 0.250. The van der Waals surface area contributed by atoms with Gasteiger partial charge in [-0.05, 0) is 66.6 Å². The van der Waals surface area contributed by atoms with Crippen LogP contribution in [0.1, 0.15) is 42.9 Å². The molecule has 2 heterocycles. The smallest absolute Gasteiger partial charge is 0.263 e. The minimum Gasteiger partial charge on any atom is -0.324 e. The van der Waals surface area contributed by atoms with Crippen molar-refractivity contribution in [1.82, 2.24) is 4.40 Å². The molecule has 0 radical (unpaired) electrons. The van der Waals surface area contributed by atoms with Crippen molar-refractivity contribution in [2.75, 3.05) is 0 Å². The summed E-state index contributed by atoms with van der Waals surface area (Å²) in [5, 5.41) is 0. The molecule has 1 atom stereocenters. The topological polar surface area (TPSA) is 47.5 Å². The van der Waals surface area contributed by atoms with Crippen LogP contribution in [-0.4, -0.2) is 4.40 Å². The van der Waals surface area contributed by atoms with Crippen LogP contribution in [0.5, 0.6) is 0 Å². The molecule has 0 aliphatic heterocycles. The Kier molecular flexibility index (Phi) is 3.69. The lowest BCUT2D eigenvalue weighted by atomic mass is 9.90. The minimum absolute atomic E-state index is 0.300. The largest absolute Gasteiger partial charge is 0.324 e. The summed E-state index contributed by atoms with van der Waals surface area (Å²) in [4.78, 5) is 13.1. The molecule has 0 unspecified atom stereocenters. The number of halogens is 2. The lowest BCUT2D eigenvalue weighted by Gasteiger charge is -2.20. The Morgan fingerprint density at radius 2 is 1.92 bits per heavy atom. The molecule has 25 heavy (non-hydrogen) atoms. The van der Waals surface area contributed by atoms with E-state index in [0.29, 0.717) is 22.6 Å². The third kappa shape index (κ3) is 2.65. The van der Waals surface area contributed by atoms with E-state index in [1.54, 1.807) is 18.2 Å². The van der Waals surface area contributed by atoms with E-state index in [-0.39, 0.29) is 5.56 Å². The third-order valence-electron chi connectivity index (χ3n) is 4.73. The van der Waals surface area contributed by atoms with Crippen LogP contribution in [0.15, 0.2) is 47.4 Å². The maximum Gasteiger partial charge on any atom is 0.263 e. The molecule has 0 amide bonds. The standard InChI is InChI=1S/C20H18F2N2O/c1-11(23)17-18(12-5-6-12)16-8-7-15(22)10-24(16)20(25)19(17)13-3-2-4-14(21)9-13/h2-4,7-12H,5-6,23H2,1H3/t11-/m0/s1. The second kappa shape index (κ2) is 5.77. The van der Waals surface area contributed by atoms with Crippen LogP contribution in [0, 0.1) is 11.6 Å². The van der Waals surface area contributed by atoms with Crippen LogP contribution in [0.3, 0.4) is 0 Å². The number of hydrogen-bond donors (Lipinski definition) is 1. The molecule has 1 aromatic carbocycles. The molecule has 0 saturated heterocycles. The normalized spacial score (nSPS) is 15.5. The lowest BCUT2D eigenvalue weighted by Crippen LogP contribution is -2.24. The van der Waals surface area contributed by atoms with Gasteiger partial charge in [-0.1, -0.05) is 12.1 Å². The Morgan fingerprint density at radius 3 is 2.56 bits per heavy atom. The molecule has 2 N–H and O–H groups in total. The fourth-order valence-electron chi connectivity index (χ4n) is 3.57. The quantitative estimate of drug-likeness (QED) is 0.779. The van der Waals surface area contributed by atoms with Crippen LogP contribution in [0.2, 0.25) is 0 Å². The van der Waals surface area contributed by atoms with Crippen LogP contribution in [0.25, 0.3) is 16.6 Å². The maximum atomic E-state index is 13.8. The van der Waals surface area contributed by atoms with E-state index in [9.17, 15) is 13.6 Å². The highest BCUT2D eigenvalue weighted by molar-refractivity contribution is 5.75. The number of benzene rings is 1. The van der Waals surface area contributed by atoms with E-state index in [1.165, 1.54) is 28.8 Å². The predicted molar refractivity (Wildman–Crippen MR) is 93.6 cm³/mol. The number of pyridine rings is 2. The van der Waals surface area contributed by atoms with E-state index < -0.39 is 17.7 Å². The van der Waals surface area contributed by atoms with Crippen molar-refractivity contribution in [3.05, 3.63) is 75.7 Å². The number of nitrogens with zero attached hydrogens (tertiary/aromatic N) is 1. The van der Waals surface area contributed by atoms with Crippen LogP contribution < -0.4 is 11.3 Å². The van der Waals surface area contributed by atoms with Gasteiger partial charge in [0.25, 0.3) is 5.56 Å². The molecule has 0 bridgehead atoms. The Balaban J connectivity index is 2.19. The van der Waals surface area contributed by atoms with Crippen LogP contribution >= 0.6 is 0 Å².